The highest BCUT2D eigenvalue weighted by Gasteiger charge is 2.13. The SMILES string of the molecule is CCCCCCCCCC(CC(C)=S=O)C(C)=S=O. The Morgan fingerprint density at radius 1 is 0.895 bits per heavy atom. The van der Waals surface area contributed by atoms with E-state index >= 15 is 0 Å². The molecule has 112 valence electrons. The van der Waals surface area contributed by atoms with E-state index in [0.29, 0.717) is 28.4 Å². The maximum Gasteiger partial charge on any atom is 0.0876 e. The van der Waals surface area contributed by atoms with E-state index in [1.54, 1.807) is 0 Å². The van der Waals surface area contributed by atoms with Crippen LogP contribution >= 0.6 is 0 Å². The van der Waals surface area contributed by atoms with Gasteiger partial charge in [0.05, 0.1) is 22.5 Å². The van der Waals surface area contributed by atoms with E-state index in [2.05, 4.69) is 6.92 Å². The van der Waals surface area contributed by atoms with E-state index in [1.807, 2.05) is 13.8 Å². The molecule has 0 aliphatic carbocycles. The van der Waals surface area contributed by atoms with Crippen LogP contribution in [0.4, 0.5) is 0 Å². The zero-order valence-corrected chi connectivity index (χ0v) is 14.2. The molecular formula is C15H28O2S2. The van der Waals surface area contributed by atoms with E-state index in [4.69, 9.17) is 0 Å². The van der Waals surface area contributed by atoms with Gasteiger partial charge in [0.25, 0.3) is 0 Å². The molecule has 0 bridgehead atoms. The van der Waals surface area contributed by atoms with Crippen LogP contribution in [0.1, 0.15) is 78.6 Å². The zero-order chi connectivity index (χ0) is 14.5. The molecule has 0 aromatic heterocycles. The van der Waals surface area contributed by atoms with Crippen LogP contribution in [0.2, 0.25) is 0 Å². The summed E-state index contributed by atoms with van der Waals surface area (Å²) in [6.07, 6.45) is 10.9. The first-order chi connectivity index (χ1) is 9.15. The third kappa shape index (κ3) is 10.3. The molecule has 0 saturated carbocycles. The summed E-state index contributed by atoms with van der Waals surface area (Å²) >= 11 is 1.18. The van der Waals surface area contributed by atoms with Crippen molar-refractivity contribution >= 4 is 32.2 Å². The predicted molar refractivity (Wildman–Crippen MR) is 88.4 cm³/mol. The predicted octanol–water partition coefficient (Wildman–Crippen LogP) is 3.94. The minimum absolute atomic E-state index is 0.291. The molecule has 2 nitrogen and oxygen atoms in total. The molecule has 0 amide bonds. The van der Waals surface area contributed by atoms with Crippen LogP contribution < -0.4 is 0 Å². The van der Waals surface area contributed by atoms with Crippen LogP contribution in [0, 0.1) is 5.92 Å². The summed E-state index contributed by atoms with van der Waals surface area (Å²) in [6.45, 7) is 6.02. The van der Waals surface area contributed by atoms with Crippen molar-refractivity contribution < 1.29 is 8.42 Å². The normalized spacial score (nSPS) is 11.9. The first-order valence-electron chi connectivity index (χ1n) is 7.41. The summed E-state index contributed by atoms with van der Waals surface area (Å²) in [4.78, 5) is 1.82. The molecular weight excluding hydrogens is 276 g/mol. The van der Waals surface area contributed by atoms with Crippen LogP contribution in [-0.4, -0.2) is 18.1 Å². The van der Waals surface area contributed by atoms with Crippen molar-refractivity contribution in [3.05, 3.63) is 0 Å². The maximum atomic E-state index is 10.9. The van der Waals surface area contributed by atoms with Gasteiger partial charge in [0.2, 0.25) is 0 Å². The fraction of sp³-hybridized carbons (Fsp3) is 0.867. The second-order valence-electron chi connectivity index (χ2n) is 5.29. The summed E-state index contributed by atoms with van der Waals surface area (Å²) in [6, 6.07) is 0. The average Bonchev–Trinajstić information content (AvgIpc) is 2.43. The van der Waals surface area contributed by atoms with Gasteiger partial charge in [0, 0.05) is 9.73 Å². The van der Waals surface area contributed by atoms with E-state index in [-0.39, 0.29) is 0 Å². The van der Waals surface area contributed by atoms with Crippen molar-refractivity contribution in [1.29, 1.82) is 0 Å². The smallest absolute Gasteiger partial charge is 0.0876 e. The first kappa shape index (κ1) is 18.8. The lowest BCUT2D eigenvalue weighted by molar-refractivity contribution is 0.540. The quantitative estimate of drug-likeness (QED) is 0.428. The molecule has 4 heteroatoms. The average molecular weight is 305 g/mol. The summed E-state index contributed by atoms with van der Waals surface area (Å²) in [5.74, 6) is 0.291. The molecule has 19 heavy (non-hydrogen) atoms. The van der Waals surface area contributed by atoms with Crippen molar-refractivity contribution in [1.82, 2.24) is 0 Å². The Morgan fingerprint density at radius 2 is 1.47 bits per heavy atom. The Kier molecular flexibility index (Phi) is 12.6. The van der Waals surface area contributed by atoms with E-state index in [9.17, 15) is 8.42 Å². The molecule has 0 saturated heterocycles. The molecule has 1 unspecified atom stereocenters. The fourth-order valence-corrected chi connectivity index (χ4v) is 2.85. The lowest BCUT2D eigenvalue weighted by Gasteiger charge is -2.14. The van der Waals surface area contributed by atoms with E-state index in [1.165, 1.54) is 44.9 Å². The van der Waals surface area contributed by atoms with Crippen LogP contribution in [0.15, 0.2) is 0 Å². The molecule has 0 heterocycles. The van der Waals surface area contributed by atoms with Gasteiger partial charge in [-0.1, -0.05) is 51.9 Å². The summed E-state index contributed by atoms with van der Waals surface area (Å²) < 4.78 is 21.7. The molecule has 0 rings (SSSR count). The molecule has 0 aliphatic heterocycles. The van der Waals surface area contributed by atoms with Crippen LogP contribution in [0.3, 0.4) is 0 Å². The second-order valence-corrected chi connectivity index (χ2v) is 6.96. The minimum atomic E-state index is 0.291. The molecule has 0 aromatic carbocycles. The monoisotopic (exact) mass is 304 g/mol. The number of rotatable bonds is 11. The van der Waals surface area contributed by atoms with Crippen molar-refractivity contribution in [3.63, 3.8) is 0 Å². The van der Waals surface area contributed by atoms with Gasteiger partial charge in [0.1, 0.15) is 0 Å². The highest BCUT2D eigenvalue weighted by Crippen LogP contribution is 2.17. The third-order valence-corrected chi connectivity index (χ3v) is 4.59. The van der Waals surface area contributed by atoms with Crippen molar-refractivity contribution in [2.75, 3.05) is 0 Å². The maximum absolute atomic E-state index is 10.9. The number of hydrogen-bond donors (Lipinski definition) is 0. The lowest BCUT2D eigenvalue weighted by Crippen LogP contribution is -2.14. The summed E-state index contributed by atoms with van der Waals surface area (Å²) in [5, 5.41) is 0. The Balaban J connectivity index is 3.94. The van der Waals surface area contributed by atoms with Gasteiger partial charge in [0.15, 0.2) is 0 Å². The number of unbranched alkanes of at least 4 members (excludes halogenated alkanes) is 6. The van der Waals surface area contributed by atoms with Gasteiger partial charge in [-0.3, -0.25) is 0 Å². The number of hydrogen-bond acceptors (Lipinski definition) is 2. The first-order valence-corrected chi connectivity index (χ1v) is 8.89. The Morgan fingerprint density at radius 3 is 2.00 bits per heavy atom. The molecule has 0 radical (unpaired) electrons. The van der Waals surface area contributed by atoms with Gasteiger partial charge in [-0.2, -0.15) is 0 Å². The van der Waals surface area contributed by atoms with Crippen LogP contribution in [0.5, 0.6) is 0 Å². The van der Waals surface area contributed by atoms with Gasteiger partial charge in [-0.25, -0.2) is 8.42 Å². The van der Waals surface area contributed by atoms with Gasteiger partial charge < -0.3 is 0 Å². The standard InChI is InChI=1S/C15H28O2S2/c1-4-5-6-7-8-9-10-11-15(14(3)19-17)12-13(2)18-16/h15H,4-12H2,1-3H3. The van der Waals surface area contributed by atoms with E-state index < -0.39 is 0 Å². The van der Waals surface area contributed by atoms with Crippen LogP contribution in [-0.2, 0) is 22.5 Å². The fourth-order valence-electron chi connectivity index (χ4n) is 2.25. The Hall–Kier alpha value is -0.220. The Bertz CT molecular complexity index is 340. The third-order valence-electron chi connectivity index (χ3n) is 3.54. The Labute approximate surface area is 125 Å². The van der Waals surface area contributed by atoms with Crippen molar-refractivity contribution in [3.8, 4) is 0 Å². The molecule has 0 fully saturated rings. The van der Waals surface area contributed by atoms with Crippen molar-refractivity contribution in [2.45, 2.75) is 78.6 Å². The molecule has 0 spiro atoms. The highest BCUT2D eigenvalue weighted by atomic mass is 32.1. The van der Waals surface area contributed by atoms with Gasteiger partial charge in [-0.15, -0.1) is 0 Å². The minimum Gasteiger partial charge on any atom is -0.212 e. The topological polar surface area (TPSA) is 34.1 Å². The van der Waals surface area contributed by atoms with Gasteiger partial charge in [-0.05, 0) is 32.6 Å². The summed E-state index contributed by atoms with van der Waals surface area (Å²) in [5.41, 5.74) is 0. The van der Waals surface area contributed by atoms with Gasteiger partial charge >= 0.3 is 0 Å². The van der Waals surface area contributed by atoms with Crippen molar-refractivity contribution in [2.24, 2.45) is 5.92 Å². The van der Waals surface area contributed by atoms with Crippen LogP contribution in [0.25, 0.3) is 0 Å². The zero-order valence-electron chi connectivity index (χ0n) is 12.6. The van der Waals surface area contributed by atoms with E-state index in [0.717, 1.165) is 22.6 Å². The molecule has 0 aromatic rings. The highest BCUT2D eigenvalue weighted by molar-refractivity contribution is 7.67. The lowest BCUT2D eigenvalue weighted by atomic mass is 9.93. The largest absolute Gasteiger partial charge is 0.212 e. The molecule has 0 N–H and O–H groups in total. The summed E-state index contributed by atoms with van der Waals surface area (Å²) in [7, 11) is 0. The molecule has 0 aliphatic rings. The second kappa shape index (κ2) is 12.8. The molecule has 1 atom stereocenters.